The lowest BCUT2D eigenvalue weighted by Gasteiger charge is -2.01. The van der Waals surface area contributed by atoms with E-state index in [1.54, 1.807) is 0 Å². The summed E-state index contributed by atoms with van der Waals surface area (Å²) in [4.78, 5) is 18.8. The fourth-order valence-corrected chi connectivity index (χ4v) is 1.66. The van der Waals surface area contributed by atoms with Gasteiger partial charge >= 0.3 is 12.2 Å². The van der Waals surface area contributed by atoms with Gasteiger partial charge in [0.15, 0.2) is 0 Å². The third-order valence-corrected chi connectivity index (χ3v) is 2.61. The quantitative estimate of drug-likeness (QED) is 0.827. The van der Waals surface area contributed by atoms with Crippen LogP contribution in [0.2, 0.25) is 0 Å². The number of hydrogen-bond donors (Lipinski definition) is 2. The summed E-state index contributed by atoms with van der Waals surface area (Å²) >= 11 is 0. The number of rotatable bonds is 3. The molecule has 0 heterocycles. The number of benzene rings is 2. The van der Waals surface area contributed by atoms with Crippen LogP contribution >= 0.6 is 0 Å². The average molecular weight is 300 g/mol. The molecule has 2 N–H and O–H groups in total. The summed E-state index contributed by atoms with van der Waals surface area (Å²) in [5.74, 6) is 0. The summed E-state index contributed by atoms with van der Waals surface area (Å²) in [6.07, 6.45) is -0.977. The molecule has 0 saturated heterocycles. The minimum atomic E-state index is -1.62. The Bertz CT molecular complexity index is 557. The highest BCUT2D eigenvalue weighted by Gasteiger charge is 1.93. The van der Waals surface area contributed by atoms with Crippen molar-refractivity contribution in [2.45, 2.75) is 12.8 Å². The summed E-state index contributed by atoms with van der Waals surface area (Å²) in [5, 5.41) is 19.8. The molecule has 0 aliphatic rings. The largest absolute Gasteiger partial charge is 0.462 e. The minimum Gasteiger partial charge on any atom is -0.462 e. The second-order valence-corrected chi connectivity index (χ2v) is 4.24. The Labute approximate surface area is 127 Å². The summed E-state index contributed by atoms with van der Waals surface area (Å²) in [7, 11) is 0. The molecule has 6 nitrogen and oxygen atoms in total. The van der Waals surface area contributed by atoms with E-state index in [9.17, 15) is 9.59 Å². The van der Waals surface area contributed by atoms with Crippen LogP contribution in [-0.4, -0.2) is 22.4 Å². The zero-order valence-electron chi connectivity index (χ0n) is 11.8. The van der Waals surface area contributed by atoms with Crippen LogP contribution in [0.25, 0.3) is 0 Å². The van der Waals surface area contributed by atoms with Gasteiger partial charge in [-0.05, 0) is 24.0 Å². The molecule has 0 aromatic heterocycles. The monoisotopic (exact) mass is 300 g/mol. The molecule has 0 unspecified atom stereocenters. The number of carboxylic acid groups (broad SMARTS) is 2. The fourth-order valence-electron chi connectivity index (χ4n) is 1.66. The third-order valence-electron chi connectivity index (χ3n) is 2.61. The molecule has 0 bridgehead atoms. The lowest BCUT2D eigenvalue weighted by atomic mass is 10.0. The molecule has 0 radical (unpaired) electrons. The SMILES string of the molecule is O=C(O)N=NC(=O)O.c1ccc(CCc2ccccc2)cc1. The molecule has 6 heteroatoms. The molecule has 0 aliphatic heterocycles. The molecule has 0 saturated carbocycles. The van der Waals surface area contributed by atoms with Gasteiger partial charge in [0.2, 0.25) is 0 Å². The van der Waals surface area contributed by atoms with E-state index in [0.717, 1.165) is 12.8 Å². The van der Waals surface area contributed by atoms with Crippen LogP contribution < -0.4 is 0 Å². The second kappa shape index (κ2) is 9.82. The molecule has 2 rings (SSSR count). The zero-order chi connectivity index (χ0) is 16.2. The molecular weight excluding hydrogens is 284 g/mol. The van der Waals surface area contributed by atoms with E-state index in [2.05, 4.69) is 70.9 Å². The van der Waals surface area contributed by atoms with Crippen LogP contribution in [0, 0.1) is 0 Å². The van der Waals surface area contributed by atoms with E-state index in [4.69, 9.17) is 10.2 Å². The highest BCUT2D eigenvalue weighted by atomic mass is 16.4. The van der Waals surface area contributed by atoms with Crippen molar-refractivity contribution in [1.29, 1.82) is 0 Å². The first-order valence-electron chi connectivity index (χ1n) is 6.53. The summed E-state index contributed by atoms with van der Waals surface area (Å²) < 4.78 is 0. The molecular formula is C16H16N2O4. The number of carbonyl (C=O) groups is 2. The van der Waals surface area contributed by atoms with Gasteiger partial charge in [0.1, 0.15) is 0 Å². The zero-order valence-corrected chi connectivity index (χ0v) is 11.8. The Morgan fingerprint density at radius 3 is 1.27 bits per heavy atom. The number of hydrogen-bond acceptors (Lipinski definition) is 2. The maximum Gasteiger partial charge on any atom is 0.450 e. The van der Waals surface area contributed by atoms with E-state index < -0.39 is 12.2 Å². The maximum absolute atomic E-state index is 9.38. The van der Waals surface area contributed by atoms with Crippen LogP contribution in [0.3, 0.4) is 0 Å². The predicted octanol–water partition coefficient (Wildman–Crippen LogP) is 4.27. The van der Waals surface area contributed by atoms with Gasteiger partial charge in [-0.2, -0.15) is 0 Å². The Balaban J connectivity index is 0.000000261. The van der Waals surface area contributed by atoms with Gasteiger partial charge in [-0.3, -0.25) is 0 Å². The Kier molecular flexibility index (Phi) is 7.60. The van der Waals surface area contributed by atoms with Crippen molar-refractivity contribution in [3.63, 3.8) is 0 Å². The van der Waals surface area contributed by atoms with Gasteiger partial charge < -0.3 is 10.2 Å². The van der Waals surface area contributed by atoms with Crippen LogP contribution in [0.4, 0.5) is 9.59 Å². The van der Waals surface area contributed by atoms with Crippen molar-refractivity contribution in [3.8, 4) is 0 Å². The van der Waals surface area contributed by atoms with Gasteiger partial charge in [0.25, 0.3) is 0 Å². The van der Waals surface area contributed by atoms with Crippen LogP contribution in [0.1, 0.15) is 11.1 Å². The number of aryl methyl sites for hydroxylation is 2. The molecule has 0 aliphatic carbocycles. The first-order chi connectivity index (χ1) is 10.6. The molecule has 2 aromatic carbocycles. The van der Waals surface area contributed by atoms with Gasteiger partial charge in [-0.1, -0.05) is 70.9 Å². The fraction of sp³-hybridized carbons (Fsp3) is 0.125. The Morgan fingerprint density at radius 1 is 0.682 bits per heavy atom. The van der Waals surface area contributed by atoms with Crippen LogP contribution in [0.15, 0.2) is 70.9 Å². The van der Waals surface area contributed by atoms with Crippen molar-refractivity contribution in [2.24, 2.45) is 10.2 Å². The lowest BCUT2D eigenvalue weighted by Crippen LogP contribution is -1.89. The Morgan fingerprint density at radius 2 is 1.00 bits per heavy atom. The summed E-state index contributed by atoms with van der Waals surface area (Å²) in [5.41, 5.74) is 2.83. The van der Waals surface area contributed by atoms with Crippen molar-refractivity contribution in [1.82, 2.24) is 0 Å². The van der Waals surface area contributed by atoms with Gasteiger partial charge in [0, 0.05) is 0 Å². The van der Waals surface area contributed by atoms with E-state index in [1.807, 2.05) is 0 Å². The van der Waals surface area contributed by atoms with Gasteiger partial charge in [-0.15, -0.1) is 0 Å². The van der Waals surface area contributed by atoms with Gasteiger partial charge in [0.05, 0.1) is 0 Å². The summed E-state index contributed by atoms with van der Waals surface area (Å²) in [6.45, 7) is 0. The highest BCUT2D eigenvalue weighted by Crippen LogP contribution is 2.06. The van der Waals surface area contributed by atoms with E-state index >= 15 is 0 Å². The lowest BCUT2D eigenvalue weighted by molar-refractivity contribution is 0.194. The third kappa shape index (κ3) is 8.21. The first-order valence-corrected chi connectivity index (χ1v) is 6.53. The molecule has 0 fully saturated rings. The maximum atomic E-state index is 9.38. The molecule has 2 amide bonds. The normalized spacial score (nSPS) is 9.82. The molecule has 0 atom stereocenters. The van der Waals surface area contributed by atoms with Gasteiger partial charge in [-0.25, -0.2) is 9.59 Å². The van der Waals surface area contributed by atoms with Crippen molar-refractivity contribution < 1.29 is 19.8 Å². The second-order valence-electron chi connectivity index (χ2n) is 4.24. The molecule has 22 heavy (non-hydrogen) atoms. The smallest absolute Gasteiger partial charge is 0.450 e. The van der Waals surface area contributed by atoms with E-state index in [1.165, 1.54) is 11.1 Å². The number of azo groups is 1. The highest BCUT2D eigenvalue weighted by molar-refractivity contribution is 5.70. The van der Waals surface area contributed by atoms with Crippen molar-refractivity contribution >= 4 is 12.2 Å². The number of nitrogens with zero attached hydrogens (tertiary/aromatic N) is 2. The molecule has 114 valence electrons. The van der Waals surface area contributed by atoms with E-state index in [0.29, 0.717) is 0 Å². The first kappa shape index (κ1) is 17.0. The van der Waals surface area contributed by atoms with Crippen molar-refractivity contribution in [2.75, 3.05) is 0 Å². The molecule has 2 aromatic rings. The Hall–Kier alpha value is -3.02. The standard InChI is InChI=1S/C14H14.C2H2N2O4/c1-3-7-13(8-4-1)11-12-14-9-5-2-6-10-14;5-1(6)3-4-2(7)8/h1-10H,11-12H2;(H,5,6)(H,7,8). The minimum absolute atomic E-state index is 1.13. The molecule has 0 spiro atoms. The number of amides is 2. The van der Waals surface area contributed by atoms with Crippen molar-refractivity contribution in [3.05, 3.63) is 71.8 Å². The van der Waals surface area contributed by atoms with Crippen LogP contribution in [-0.2, 0) is 12.8 Å². The predicted molar refractivity (Wildman–Crippen MR) is 81.2 cm³/mol. The average Bonchev–Trinajstić information content (AvgIpc) is 2.54. The topological polar surface area (TPSA) is 99.3 Å². The van der Waals surface area contributed by atoms with E-state index in [-0.39, 0.29) is 0 Å². The summed E-state index contributed by atoms with van der Waals surface area (Å²) in [6, 6.07) is 21.2. The van der Waals surface area contributed by atoms with Crippen LogP contribution in [0.5, 0.6) is 0 Å².